The van der Waals surface area contributed by atoms with Gasteiger partial charge in [0.05, 0.1) is 0 Å². The summed E-state index contributed by atoms with van der Waals surface area (Å²) in [4.78, 5) is 0. The third-order valence-electron chi connectivity index (χ3n) is 7.11. The van der Waals surface area contributed by atoms with Crippen LogP contribution < -0.4 is 0 Å². The third kappa shape index (κ3) is 2.05. The summed E-state index contributed by atoms with van der Waals surface area (Å²) in [7, 11) is 0. The average Bonchev–Trinajstić information content (AvgIpc) is 3.20. The summed E-state index contributed by atoms with van der Waals surface area (Å²) in [6.45, 7) is 2.30. The second-order valence-corrected chi connectivity index (χ2v) is 8.45. The average molecular weight is 316 g/mol. The summed E-state index contributed by atoms with van der Waals surface area (Å²) in [6, 6.07) is 12.1. The highest BCUT2D eigenvalue weighted by Gasteiger charge is 2.50. The number of allylic oxidation sites excluding steroid dienone is 2. The molecule has 0 saturated heterocycles. The van der Waals surface area contributed by atoms with Crippen LogP contribution in [0.1, 0.15) is 62.1 Å². The van der Waals surface area contributed by atoms with Gasteiger partial charge < -0.3 is 0 Å². The summed E-state index contributed by atoms with van der Waals surface area (Å²) in [5, 5.41) is 3.01. The molecule has 1 spiro atoms. The van der Waals surface area contributed by atoms with Crippen LogP contribution in [0.4, 0.5) is 0 Å². The van der Waals surface area contributed by atoms with Crippen molar-refractivity contribution >= 4 is 10.8 Å². The molecule has 2 aromatic rings. The van der Waals surface area contributed by atoms with Crippen molar-refractivity contribution in [2.24, 2.45) is 11.8 Å². The summed E-state index contributed by atoms with van der Waals surface area (Å²) < 4.78 is 0. The Morgan fingerprint density at radius 2 is 2.12 bits per heavy atom. The first kappa shape index (κ1) is 14.8. The predicted octanol–water partition coefficient (Wildman–Crippen LogP) is 6.35. The van der Waals surface area contributed by atoms with Gasteiger partial charge >= 0.3 is 0 Å². The molecule has 2 aromatic carbocycles. The second kappa shape index (κ2) is 5.48. The molecule has 5 rings (SSSR count). The first-order valence-electron chi connectivity index (χ1n) is 10.0. The minimum absolute atomic E-state index is 0.471. The fraction of sp³-hybridized carbons (Fsp3) is 0.500. The van der Waals surface area contributed by atoms with Crippen LogP contribution in [0.15, 0.2) is 42.5 Å². The van der Waals surface area contributed by atoms with E-state index in [1.54, 1.807) is 16.7 Å². The lowest BCUT2D eigenvalue weighted by atomic mass is 9.62. The summed E-state index contributed by atoms with van der Waals surface area (Å²) in [6.07, 6.45) is 15.7. The molecular weight excluding hydrogens is 288 g/mol. The maximum atomic E-state index is 2.63. The van der Waals surface area contributed by atoms with Gasteiger partial charge in [0.2, 0.25) is 0 Å². The van der Waals surface area contributed by atoms with Crippen molar-refractivity contribution < 1.29 is 0 Å². The summed E-state index contributed by atoms with van der Waals surface area (Å²) in [5.41, 5.74) is 5.42. The van der Waals surface area contributed by atoms with Gasteiger partial charge in [0, 0.05) is 5.41 Å². The fourth-order valence-electron chi connectivity index (χ4n) is 5.97. The highest BCUT2D eigenvalue weighted by atomic mass is 14.5. The lowest BCUT2D eigenvalue weighted by molar-refractivity contribution is 0.304. The zero-order chi connectivity index (χ0) is 16.1. The van der Waals surface area contributed by atoms with E-state index >= 15 is 0 Å². The Labute approximate surface area is 146 Å². The molecule has 24 heavy (non-hydrogen) atoms. The number of hydrogen-bond donors (Lipinski definition) is 0. The maximum absolute atomic E-state index is 2.63. The van der Waals surface area contributed by atoms with Gasteiger partial charge in [-0.05, 0) is 84.2 Å². The third-order valence-corrected chi connectivity index (χ3v) is 7.11. The molecule has 0 heteroatoms. The lowest BCUT2D eigenvalue weighted by Crippen LogP contribution is -2.35. The van der Waals surface area contributed by atoms with Gasteiger partial charge in [-0.15, -0.1) is 0 Å². The van der Waals surface area contributed by atoms with Crippen LogP contribution in [0.25, 0.3) is 10.8 Å². The van der Waals surface area contributed by atoms with Gasteiger partial charge in [0.1, 0.15) is 0 Å². The Balaban J connectivity index is 1.68. The number of fused-ring (bicyclic) bond motifs is 6. The molecule has 3 aliphatic rings. The number of hydrogen-bond acceptors (Lipinski definition) is 0. The quantitative estimate of drug-likeness (QED) is 0.579. The van der Waals surface area contributed by atoms with Crippen molar-refractivity contribution in [1.29, 1.82) is 0 Å². The van der Waals surface area contributed by atoms with Gasteiger partial charge in [-0.25, -0.2) is 0 Å². The second-order valence-electron chi connectivity index (χ2n) is 8.45. The molecule has 0 N–H and O–H groups in total. The highest BCUT2D eigenvalue weighted by Crippen LogP contribution is 2.58. The molecule has 0 nitrogen and oxygen atoms in total. The number of aryl methyl sites for hydroxylation is 2. The maximum Gasteiger partial charge on any atom is 0.00246 e. The first-order valence-corrected chi connectivity index (χ1v) is 10.0. The van der Waals surface area contributed by atoms with E-state index in [2.05, 4.69) is 49.4 Å². The molecule has 1 saturated carbocycles. The number of rotatable bonds is 3. The van der Waals surface area contributed by atoms with Crippen molar-refractivity contribution in [3.63, 3.8) is 0 Å². The van der Waals surface area contributed by atoms with Crippen LogP contribution in [0.5, 0.6) is 0 Å². The van der Waals surface area contributed by atoms with E-state index in [4.69, 9.17) is 0 Å². The van der Waals surface area contributed by atoms with Gasteiger partial charge in [-0.2, -0.15) is 0 Å². The summed E-state index contributed by atoms with van der Waals surface area (Å²) >= 11 is 0. The molecule has 3 atom stereocenters. The predicted molar refractivity (Wildman–Crippen MR) is 103 cm³/mol. The zero-order valence-corrected chi connectivity index (χ0v) is 14.9. The molecule has 0 amide bonds. The Morgan fingerprint density at radius 3 is 2.92 bits per heavy atom. The molecule has 0 heterocycles. The Morgan fingerprint density at radius 1 is 1.17 bits per heavy atom. The van der Waals surface area contributed by atoms with Crippen LogP contribution >= 0.6 is 0 Å². The molecule has 0 radical (unpaired) electrons. The Hall–Kier alpha value is -1.56. The van der Waals surface area contributed by atoms with E-state index < -0.39 is 0 Å². The van der Waals surface area contributed by atoms with Gasteiger partial charge in [-0.3, -0.25) is 0 Å². The van der Waals surface area contributed by atoms with Gasteiger partial charge in [0.25, 0.3) is 0 Å². The van der Waals surface area contributed by atoms with E-state index in [9.17, 15) is 0 Å². The van der Waals surface area contributed by atoms with Crippen LogP contribution in [-0.2, 0) is 18.3 Å². The molecule has 0 aliphatic heterocycles. The normalized spacial score (nSPS) is 30.4. The van der Waals surface area contributed by atoms with Gasteiger partial charge in [0.15, 0.2) is 0 Å². The SMILES string of the molecule is CCCCc1cccc2cc3c(cc12)C1(CCC3)CC2C=CC1C2. The van der Waals surface area contributed by atoms with Gasteiger partial charge in [-0.1, -0.05) is 55.8 Å². The van der Waals surface area contributed by atoms with E-state index in [-0.39, 0.29) is 0 Å². The number of benzene rings is 2. The molecule has 2 bridgehead atoms. The van der Waals surface area contributed by atoms with Crippen molar-refractivity contribution in [3.05, 3.63) is 59.2 Å². The molecule has 124 valence electrons. The lowest BCUT2D eigenvalue weighted by Gasteiger charge is -2.41. The van der Waals surface area contributed by atoms with Crippen molar-refractivity contribution in [2.75, 3.05) is 0 Å². The van der Waals surface area contributed by atoms with Crippen molar-refractivity contribution in [2.45, 2.75) is 63.7 Å². The minimum atomic E-state index is 0.471. The van der Waals surface area contributed by atoms with Crippen LogP contribution in [0.3, 0.4) is 0 Å². The van der Waals surface area contributed by atoms with Crippen molar-refractivity contribution in [3.8, 4) is 0 Å². The molecule has 0 aromatic heterocycles. The monoisotopic (exact) mass is 316 g/mol. The molecule has 1 fully saturated rings. The van der Waals surface area contributed by atoms with E-state index in [0.717, 1.165) is 11.8 Å². The number of unbranched alkanes of at least 4 members (excludes halogenated alkanes) is 1. The summed E-state index contributed by atoms with van der Waals surface area (Å²) in [5.74, 6) is 1.66. The molecule has 3 unspecified atom stereocenters. The fourth-order valence-corrected chi connectivity index (χ4v) is 5.97. The minimum Gasteiger partial charge on any atom is -0.0851 e. The van der Waals surface area contributed by atoms with Crippen LogP contribution in [-0.4, -0.2) is 0 Å². The van der Waals surface area contributed by atoms with E-state index in [0.29, 0.717) is 5.41 Å². The van der Waals surface area contributed by atoms with E-state index in [1.807, 2.05) is 0 Å². The standard InChI is InChI=1S/C24H28/c1-2-3-6-18-7-4-8-19-14-20-9-5-12-24(23(20)15-22(18)19)16-17-10-11-21(24)13-17/h4,7-8,10-11,14-15,17,21H,2-3,5-6,9,12-13,16H2,1H3. The topological polar surface area (TPSA) is 0 Å². The zero-order valence-electron chi connectivity index (χ0n) is 14.9. The Kier molecular flexibility index (Phi) is 3.37. The largest absolute Gasteiger partial charge is 0.0851 e. The molecular formula is C24H28. The van der Waals surface area contributed by atoms with Crippen molar-refractivity contribution in [1.82, 2.24) is 0 Å². The first-order chi connectivity index (χ1) is 11.8. The highest BCUT2D eigenvalue weighted by molar-refractivity contribution is 5.88. The van der Waals surface area contributed by atoms with E-state index in [1.165, 1.54) is 62.1 Å². The van der Waals surface area contributed by atoms with Crippen LogP contribution in [0.2, 0.25) is 0 Å². The van der Waals surface area contributed by atoms with Crippen LogP contribution in [0, 0.1) is 11.8 Å². The molecule has 3 aliphatic carbocycles. The Bertz CT molecular complexity index is 812. The smallest absolute Gasteiger partial charge is 0.00246 e.